The molecule has 290 valence electrons. The van der Waals surface area contributed by atoms with Crippen LogP contribution in [0.3, 0.4) is 0 Å². The summed E-state index contributed by atoms with van der Waals surface area (Å²) in [6.45, 7) is 14.1. The zero-order valence-corrected chi connectivity index (χ0v) is 35.2. The van der Waals surface area contributed by atoms with Crippen LogP contribution < -0.4 is 5.32 Å². The van der Waals surface area contributed by atoms with Gasteiger partial charge in [0.15, 0.2) is 0 Å². The highest BCUT2D eigenvalue weighted by Crippen LogP contribution is 2.58. The van der Waals surface area contributed by atoms with Gasteiger partial charge in [0.2, 0.25) is 0 Å². The Bertz CT molecular complexity index is 2730. The predicted octanol–water partition coefficient (Wildman–Crippen LogP) is 15.3. The Morgan fingerprint density at radius 2 is 1.28 bits per heavy atom. The maximum absolute atomic E-state index is 5.18. The number of allylic oxidation sites excluding steroid dienone is 10. The normalized spacial score (nSPS) is 19.9. The van der Waals surface area contributed by atoms with Crippen LogP contribution >= 0.6 is 0 Å². The molecule has 1 heterocycles. The molecule has 0 radical (unpaired) electrons. The molecule has 3 aliphatic carbocycles. The highest BCUT2D eigenvalue weighted by atomic mass is 15.3. The highest BCUT2D eigenvalue weighted by Gasteiger charge is 2.69. The quantitative estimate of drug-likeness (QED) is 0.168. The Kier molecular flexibility index (Phi) is 12.1. The first-order valence-corrected chi connectivity index (χ1v) is 21.3. The molecule has 1 aliphatic heterocycles. The fourth-order valence-electron chi connectivity index (χ4n) is 8.53. The van der Waals surface area contributed by atoms with E-state index in [0.29, 0.717) is 0 Å². The van der Waals surface area contributed by atoms with Crippen molar-refractivity contribution in [3.05, 3.63) is 198 Å². The summed E-state index contributed by atoms with van der Waals surface area (Å²) in [4.78, 5) is 5.18. The van der Waals surface area contributed by atoms with Crippen LogP contribution in [0.15, 0.2) is 198 Å². The van der Waals surface area contributed by atoms with Crippen LogP contribution in [0.25, 0.3) is 60.6 Å². The van der Waals surface area contributed by atoms with Gasteiger partial charge in [0.1, 0.15) is 11.4 Å². The third-order valence-corrected chi connectivity index (χ3v) is 11.4. The lowest BCUT2D eigenvalue weighted by atomic mass is 9.86. The number of nitrogens with one attached hydrogen (secondary N) is 1. The van der Waals surface area contributed by atoms with Crippen LogP contribution in [0.2, 0.25) is 0 Å². The van der Waals surface area contributed by atoms with E-state index in [2.05, 4.69) is 194 Å². The molecular formula is C56H56N2. The second-order valence-corrected chi connectivity index (χ2v) is 14.4. The summed E-state index contributed by atoms with van der Waals surface area (Å²) in [5.74, 6) is 1.03. The standard InChI is InChI=1S/C50H38N2.3C2H6/c1-2-34(35-16-11-17-38(24-21-35)48-51-49-28-9-10-29-50(49,33-49)52-48)20-26-43-32-46(41-25-22-36-12-3-5-14-39(36)30-41)44-18-7-8-19-45(44)47(43)42-27-23-37-13-4-6-15-40(37)31-42;3*1-2/h2-23,25-32H,24,33H2,1H3,(H,51,52);3*1-2H3/b26-20-,34-2+;;;. The number of nitrogens with zero attached hydrogens (tertiary/aromatic N) is 1. The molecule has 6 aromatic rings. The number of hydrogen-bond donors (Lipinski definition) is 1. The number of hydrogen-bond acceptors (Lipinski definition) is 2. The van der Waals surface area contributed by atoms with Crippen LogP contribution in [-0.2, 0) is 0 Å². The van der Waals surface area contributed by atoms with Gasteiger partial charge >= 0.3 is 0 Å². The zero-order valence-electron chi connectivity index (χ0n) is 35.2. The first kappa shape index (κ1) is 40.0. The van der Waals surface area contributed by atoms with Crippen molar-refractivity contribution >= 4 is 44.2 Å². The molecule has 2 heteroatoms. The highest BCUT2D eigenvalue weighted by molar-refractivity contribution is 6.10. The van der Waals surface area contributed by atoms with Crippen LogP contribution in [0.4, 0.5) is 0 Å². The van der Waals surface area contributed by atoms with Gasteiger partial charge in [0.25, 0.3) is 0 Å². The van der Waals surface area contributed by atoms with E-state index in [9.17, 15) is 0 Å². The van der Waals surface area contributed by atoms with E-state index >= 15 is 0 Å². The minimum absolute atomic E-state index is 0.0218. The molecule has 1 fully saturated rings. The molecule has 10 rings (SSSR count). The van der Waals surface area contributed by atoms with Crippen LogP contribution in [0, 0.1) is 0 Å². The van der Waals surface area contributed by atoms with Crippen LogP contribution in [-0.4, -0.2) is 16.9 Å². The third kappa shape index (κ3) is 7.36. The molecule has 4 aliphatic rings. The number of fused-ring (bicyclic) bond motifs is 3. The maximum Gasteiger partial charge on any atom is 0.126 e. The smallest absolute Gasteiger partial charge is 0.126 e. The van der Waals surface area contributed by atoms with Crippen molar-refractivity contribution in [3.8, 4) is 22.3 Å². The summed E-state index contributed by atoms with van der Waals surface area (Å²) >= 11 is 0. The molecule has 0 amide bonds. The summed E-state index contributed by atoms with van der Waals surface area (Å²) in [5, 5.41) is 11.3. The molecule has 2 atom stereocenters. The third-order valence-electron chi connectivity index (χ3n) is 11.4. The van der Waals surface area contributed by atoms with E-state index in [1.807, 2.05) is 41.5 Å². The van der Waals surface area contributed by atoms with Gasteiger partial charge < -0.3 is 5.32 Å². The van der Waals surface area contributed by atoms with Crippen molar-refractivity contribution < 1.29 is 0 Å². The van der Waals surface area contributed by atoms with E-state index in [4.69, 9.17) is 4.99 Å². The van der Waals surface area contributed by atoms with Crippen molar-refractivity contribution in [2.75, 3.05) is 0 Å². The molecule has 0 bridgehead atoms. The molecular weight excluding hydrogens is 701 g/mol. The van der Waals surface area contributed by atoms with Crippen LogP contribution in [0.5, 0.6) is 0 Å². The Morgan fingerprint density at radius 3 is 1.97 bits per heavy atom. The molecule has 58 heavy (non-hydrogen) atoms. The van der Waals surface area contributed by atoms with E-state index in [1.165, 1.54) is 76.9 Å². The number of amidine groups is 1. The largest absolute Gasteiger partial charge is 0.358 e. The monoisotopic (exact) mass is 756 g/mol. The second-order valence-electron chi connectivity index (χ2n) is 14.4. The van der Waals surface area contributed by atoms with E-state index in [0.717, 1.165) is 18.7 Å². The maximum atomic E-state index is 5.18. The van der Waals surface area contributed by atoms with Gasteiger partial charge in [-0.25, -0.2) is 0 Å². The number of benzene rings is 6. The van der Waals surface area contributed by atoms with Crippen molar-refractivity contribution in [2.45, 2.75) is 72.4 Å². The van der Waals surface area contributed by atoms with Crippen molar-refractivity contribution in [3.63, 3.8) is 0 Å². The molecule has 6 aromatic carbocycles. The summed E-state index contributed by atoms with van der Waals surface area (Å²) in [6.07, 6.45) is 26.5. The summed E-state index contributed by atoms with van der Waals surface area (Å²) in [5.41, 5.74) is 9.64. The topological polar surface area (TPSA) is 24.4 Å². The van der Waals surface area contributed by atoms with Gasteiger partial charge in [-0.1, -0.05) is 205 Å². The molecule has 0 spiro atoms. The van der Waals surface area contributed by atoms with Crippen LogP contribution in [0.1, 0.15) is 66.9 Å². The number of aliphatic imine (C=N–C) groups is 1. The van der Waals surface area contributed by atoms with E-state index in [-0.39, 0.29) is 11.1 Å². The minimum Gasteiger partial charge on any atom is -0.358 e. The lowest BCUT2D eigenvalue weighted by Gasteiger charge is -2.17. The summed E-state index contributed by atoms with van der Waals surface area (Å²) in [7, 11) is 0. The van der Waals surface area contributed by atoms with Gasteiger partial charge in [-0.2, -0.15) is 0 Å². The predicted molar refractivity (Wildman–Crippen MR) is 256 cm³/mol. The Morgan fingerprint density at radius 1 is 0.655 bits per heavy atom. The second kappa shape index (κ2) is 17.5. The molecule has 0 saturated heterocycles. The van der Waals surface area contributed by atoms with E-state index < -0.39 is 0 Å². The molecule has 1 saturated carbocycles. The first-order chi connectivity index (χ1) is 28.6. The Labute approximate surface area is 346 Å². The fourth-order valence-corrected chi connectivity index (χ4v) is 8.53. The van der Waals surface area contributed by atoms with Gasteiger partial charge in [-0.3, -0.25) is 4.99 Å². The van der Waals surface area contributed by atoms with Gasteiger partial charge in [-0.05, 0) is 108 Å². The minimum atomic E-state index is -0.0913. The molecule has 2 nitrogen and oxygen atoms in total. The molecule has 1 N–H and O–H groups in total. The SMILES string of the molecule is C/C=C(\C=C/c1cc(-c2ccc3ccccc3c2)c2ccccc2c1-c1ccc2ccccc2c1)C1=CCC(C2=NC34C=CC=CC3(C4)N2)=CC=C1.CC.CC.CC. The zero-order chi connectivity index (χ0) is 40.7. The fraction of sp³-hybridized carbons (Fsp3) is 0.196. The lowest BCUT2D eigenvalue weighted by Crippen LogP contribution is -2.35. The Hall–Kier alpha value is -6.25. The first-order valence-electron chi connectivity index (χ1n) is 21.3. The number of rotatable bonds is 6. The lowest BCUT2D eigenvalue weighted by molar-refractivity contribution is 0.690. The van der Waals surface area contributed by atoms with Crippen molar-refractivity contribution in [1.29, 1.82) is 0 Å². The van der Waals surface area contributed by atoms with E-state index in [1.54, 1.807) is 0 Å². The average molecular weight is 757 g/mol. The van der Waals surface area contributed by atoms with Crippen molar-refractivity contribution in [1.82, 2.24) is 5.32 Å². The van der Waals surface area contributed by atoms with Gasteiger partial charge in [0, 0.05) is 6.42 Å². The summed E-state index contributed by atoms with van der Waals surface area (Å²) in [6, 6.07) is 42.2. The average Bonchev–Trinajstić information content (AvgIpc) is 3.92. The Balaban J connectivity index is 0.000000818. The van der Waals surface area contributed by atoms with Gasteiger partial charge in [0.05, 0.1) is 5.54 Å². The molecule has 0 aromatic heterocycles. The van der Waals surface area contributed by atoms with Gasteiger partial charge in [-0.15, -0.1) is 0 Å². The summed E-state index contributed by atoms with van der Waals surface area (Å²) < 4.78 is 0. The van der Waals surface area contributed by atoms with Crippen molar-refractivity contribution in [2.24, 2.45) is 4.99 Å². The molecule has 2 unspecified atom stereocenters.